The molecule has 0 radical (unpaired) electrons. The third-order valence-electron chi connectivity index (χ3n) is 5.60. The van der Waals surface area contributed by atoms with Gasteiger partial charge in [0, 0.05) is 31.3 Å². The zero-order valence-corrected chi connectivity index (χ0v) is 17.8. The molecule has 1 atom stereocenters. The number of carbonyl (C=O) groups is 1. The van der Waals surface area contributed by atoms with Gasteiger partial charge in [0.05, 0.1) is 9.79 Å². The van der Waals surface area contributed by atoms with Crippen molar-refractivity contribution in [1.82, 2.24) is 9.62 Å². The van der Waals surface area contributed by atoms with E-state index >= 15 is 0 Å². The van der Waals surface area contributed by atoms with Gasteiger partial charge in [0.15, 0.2) is 9.84 Å². The van der Waals surface area contributed by atoms with Crippen LogP contribution in [-0.2, 0) is 24.7 Å². The van der Waals surface area contributed by atoms with Gasteiger partial charge >= 0.3 is 0 Å². The molecule has 1 aromatic rings. The van der Waals surface area contributed by atoms with Gasteiger partial charge in [-0.3, -0.25) is 4.79 Å². The lowest BCUT2D eigenvalue weighted by Gasteiger charge is -2.33. The highest BCUT2D eigenvalue weighted by Gasteiger charge is 2.32. The maximum atomic E-state index is 12.9. The Hall–Kier alpha value is -1.45. The summed E-state index contributed by atoms with van der Waals surface area (Å²) in [7, 11) is -7.11. The molecule has 2 aliphatic rings. The number of hydrogen-bond acceptors (Lipinski definition) is 5. The van der Waals surface area contributed by atoms with Crippen molar-refractivity contribution >= 4 is 25.8 Å². The Balaban J connectivity index is 1.67. The number of nitrogens with zero attached hydrogens (tertiary/aromatic N) is 1. The summed E-state index contributed by atoms with van der Waals surface area (Å²) in [6.45, 7) is 0.639. The number of carbonyl (C=O) groups excluding carboxylic acids is 1. The van der Waals surface area contributed by atoms with Crippen LogP contribution in [0.2, 0.25) is 0 Å². The van der Waals surface area contributed by atoms with Crippen molar-refractivity contribution in [1.29, 1.82) is 0 Å². The van der Waals surface area contributed by atoms with E-state index in [-0.39, 0.29) is 34.2 Å². The fraction of sp³-hybridized carbons (Fsp3) is 0.632. The number of nitrogens with one attached hydrogen (secondary N) is 1. The lowest BCUT2D eigenvalue weighted by atomic mass is 9.88. The Morgan fingerprint density at radius 1 is 0.929 bits per heavy atom. The third-order valence-corrected chi connectivity index (χ3v) is 8.60. The number of benzene rings is 1. The van der Waals surface area contributed by atoms with E-state index in [1.54, 1.807) is 0 Å². The number of piperidine rings is 1. The van der Waals surface area contributed by atoms with E-state index in [1.807, 2.05) is 0 Å². The molecular weight excluding hydrogens is 400 g/mol. The Morgan fingerprint density at radius 3 is 2.14 bits per heavy atom. The molecule has 1 N–H and O–H groups in total. The highest BCUT2D eigenvalue weighted by Crippen LogP contribution is 2.25. The first-order chi connectivity index (χ1) is 13.2. The van der Waals surface area contributed by atoms with Crippen LogP contribution in [0.5, 0.6) is 0 Å². The second-order valence-corrected chi connectivity index (χ2v) is 11.7. The summed E-state index contributed by atoms with van der Waals surface area (Å²) in [5, 5.41) is 3.05. The van der Waals surface area contributed by atoms with Gasteiger partial charge in [0.25, 0.3) is 0 Å². The minimum absolute atomic E-state index is 0.0430. The van der Waals surface area contributed by atoms with E-state index in [1.165, 1.54) is 35.0 Å². The Morgan fingerprint density at radius 2 is 1.54 bits per heavy atom. The summed E-state index contributed by atoms with van der Waals surface area (Å²) in [6, 6.07) is 5.10. The van der Waals surface area contributed by atoms with Gasteiger partial charge in [-0.25, -0.2) is 16.8 Å². The molecule has 0 aromatic heterocycles. The maximum absolute atomic E-state index is 12.9. The SMILES string of the molecule is CS(=O)(=O)c1ccc(S(=O)(=O)N2CCC[C@H](NC(=O)C3CCCCC3)C2)cc1. The van der Waals surface area contributed by atoms with Gasteiger partial charge in [-0.2, -0.15) is 4.31 Å². The van der Waals surface area contributed by atoms with Gasteiger partial charge in [-0.05, 0) is 49.9 Å². The zero-order chi connectivity index (χ0) is 20.4. The molecule has 1 aliphatic carbocycles. The predicted octanol–water partition coefficient (Wildman–Crippen LogP) is 1.94. The number of hydrogen-bond donors (Lipinski definition) is 1. The van der Waals surface area contributed by atoms with Crippen LogP contribution in [0, 0.1) is 5.92 Å². The van der Waals surface area contributed by atoms with Crippen molar-refractivity contribution in [3.05, 3.63) is 24.3 Å². The quantitative estimate of drug-likeness (QED) is 0.772. The lowest BCUT2D eigenvalue weighted by molar-refractivity contribution is -0.126. The minimum Gasteiger partial charge on any atom is -0.352 e. The van der Waals surface area contributed by atoms with Gasteiger partial charge < -0.3 is 5.32 Å². The normalized spacial score (nSPS) is 22.7. The monoisotopic (exact) mass is 428 g/mol. The largest absolute Gasteiger partial charge is 0.352 e. The molecule has 1 saturated heterocycles. The van der Waals surface area contributed by atoms with Crippen LogP contribution in [0.25, 0.3) is 0 Å². The second kappa shape index (κ2) is 8.51. The molecule has 0 spiro atoms. The van der Waals surface area contributed by atoms with Crippen LogP contribution in [0.15, 0.2) is 34.1 Å². The van der Waals surface area contributed by atoms with E-state index in [0.717, 1.165) is 38.4 Å². The van der Waals surface area contributed by atoms with Crippen molar-refractivity contribution in [3.8, 4) is 0 Å². The molecular formula is C19H28N2O5S2. The smallest absolute Gasteiger partial charge is 0.243 e. The van der Waals surface area contributed by atoms with Crippen LogP contribution >= 0.6 is 0 Å². The van der Waals surface area contributed by atoms with Crippen molar-refractivity contribution < 1.29 is 21.6 Å². The van der Waals surface area contributed by atoms with E-state index < -0.39 is 19.9 Å². The molecule has 1 saturated carbocycles. The molecule has 156 valence electrons. The fourth-order valence-corrected chi connectivity index (χ4v) is 6.12. The molecule has 7 nitrogen and oxygen atoms in total. The number of sulfonamides is 1. The van der Waals surface area contributed by atoms with Crippen LogP contribution in [0.3, 0.4) is 0 Å². The van der Waals surface area contributed by atoms with Crippen LogP contribution < -0.4 is 5.32 Å². The molecule has 3 rings (SSSR count). The summed E-state index contributed by atoms with van der Waals surface area (Å²) in [5.41, 5.74) is 0. The molecule has 28 heavy (non-hydrogen) atoms. The average Bonchev–Trinajstić information content (AvgIpc) is 2.68. The highest BCUT2D eigenvalue weighted by atomic mass is 32.2. The summed E-state index contributed by atoms with van der Waals surface area (Å²) < 4.78 is 50.4. The number of rotatable bonds is 5. The second-order valence-electron chi connectivity index (χ2n) is 7.79. The van der Waals surface area contributed by atoms with Crippen LogP contribution in [0.1, 0.15) is 44.9 Å². The van der Waals surface area contributed by atoms with Crippen molar-refractivity contribution in [2.24, 2.45) is 5.92 Å². The van der Waals surface area contributed by atoms with Gasteiger partial charge in [0.2, 0.25) is 15.9 Å². The van der Waals surface area contributed by atoms with Crippen molar-refractivity contribution in [2.75, 3.05) is 19.3 Å². The molecule has 0 unspecified atom stereocenters. The summed E-state index contributed by atoms with van der Waals surface area (Å²) in [4.78, 5) is 12.6. The molecule has 1 heterocycles. The highest BCUT2D eigenvalue weighted by molar-refractivity contribution is 7.90. The van der Waals surface area contributed by atoms with Crippen molar-refractivity contribution in [2.45, 2.75) is 60.8 Å². The molecule has 1 amide bonds. The molecule has 1 aliphatic heterocycles. The summed E-state index contributed by atoms with van der Waals surface area (Å²) in [5.74, 6) is 0.0886. The Labute approximate surface area is 167 Å². The standard InChI is InChI=1S/C19H28N2O5S2/c1-27(23,24)17-9-11-18(12-10-17)28(25,26)21-13-5-8-16(14-21)20-19(22)15-6-3-2-4-7-15/h9-12,15-16H,2-8,13-14H2,1H3,(H,20,22)/t16-/m0/s1. The number of amides is 1. The Bertz CT molecular complexity index is 904. The lowest BCUT2D eigenvalue weighted by Crippen LogP contribution is -2.50. The van der Waals surface area contributed by atoms with Crippen molar-refractivity contribution in [3.63, 3.8) is 0 Å². The van der Waals surface area contributed by atoms with Gasteiger partial charge in [0.1, 0.15) is 0 Å². The van der Waals surface area contributed by atoms with E-state index in [0.29, 0.717) is 13.0 Å². The van der Waals surface area contributed by atoms with E-state index in [2.05, 4.69) is 5.32 Å². The predicted molar refractivity (Wildman–Crippen MR) is 106 cm³/mol. The summed E-state index contributed by atoms with van der Waals surface area (Å²) in [6.07, 6.45) is 7.67. The molecule has 1 aromatic carbocycles. The molecule has 9 heteroatoms. The minimum atomic E-state index is -3.73. The fourth-order valence-electron chi connectivity index (χ4n) is 3.97. The van der Waals surface area contributed by atoms with Gasteiger partial charge in [-0.1, -0.05) is 19.3 Å². The number of sulfone groups is 1. The third kappa shape index (κ3) is 4.93. The maximum Gasteiger partial charge on any atom is 0.243 e. The van der Waals surface area contributed by atoms with E-state index in [9.17, 15) is 21.6 Å². The van der Waals surface area contributed by atoms with E-state index in [4.69, 9.17) is 0 Å². The van der Waals surface area contributed by atoms with Crippen LogP contribution in [-0.4, -0.2) is 52.4 Å². The first-order valence-electron chi connectivity index (χ1n) is 9.78. The zero-order valence-electron chi connectivity index (χ0n) is 16.1. The molecule has 0 bridgehead atoms. The Kier molecular flexibility index (Phi) is 6.46. The average molecular weight is 429 g/mol. The topological polar surface area (TPSA) is 101 Å². The first kappa shape index (κ1) is 21.3. The summed E-state index contributed by atoms with van der Waals surface area (Å²) >= 11 is 0. The molecule has 2 fully saturated rings. The van der Waals surface area contributed by atoms with Gasteiger partial charge in [-0.15, -0.1) is 0 Å². The first-order valence-corrected chi connectivity index (χ1v) is 13.1. The van der Waals surface area contributed by atoms with Crippen LogP contribution in [0.4, 0.5) is 0 Å².